The Morgan fingerprint density at radius 2 is 2.08 bits per heavy atom. The third-order valence-electron chi connectivity index (χ3n) is 1.89. The zero-order valence-electron chi connectivity index (χ0n) is 7.26. The minimum atomic E-state index is 1.02. The molecule has 0 spiro atoms. The van der Waals surface area contributed by atoms with Crippen LogP contribution in [0.25, 0.3) is 10.9 Å². The summed E-state index contributed by atoms with van der Waals surface area (Å²) in [5, 5.41) is 1.09. The molecule has 2 rings (SSSR count). The molecular weight excluding hydrogens is 146 g/mol. The molecule has 1 heteroatoms. The van der Waals surface area contributed by atoms with Gasteiger partial charge in [0.25, 0.3) is 0 Å². The number of benzene rings is 1. The monoisotopic (exact) mass is 156 g/mol. The summed E-state index contributed by atoms with van der Waals surface area (Å²) in [6.07, 6.45) is 0. The summed E-state index contributed by atoms with van der Waals surface area (Å²) in [4.78, 5) is 4.41. The van der Waals surface area contributed by atoms with Crippen LogP contribution in [-0.4, -0.2) is 4.98 Å². The Kier molecular flexibility index (Phi) is 1.58. The van der Waals surface area contributed by atoms with Crippen molar-refractivity contribution in [3.8, 4) is 0 Å². The fraction of sp³-hybridized carbons (Fsp3) is 0.182. The van der Waals surface area contributed by atoms with Crippen molar-refractivity contribution in [1.82, 2.24) is 4.98 Å². The van der Waals surface area contributed by atoms with Crippen LogP contribution in [-0.2, 0) is 0 Å². The molecule has 0 atom stereocenters. The lowest BCUT2D eigenvalue weighted by Crippen LogP contribution is -1.83. The van der Waals surface area contributed by atoms with E-state index in [2.05, 4.69) is 36.2 Å². The fourth-order valence-electron chi connectivity index (χ4n) is 1.26. The summed E-state index contributed by atoms with van der Waals surface area (Å²) in [5.41, 5.74) is 3.30. The van der Waals surface area contributed by atoms with Crippen LogP contribution in [0.4, 0.5) is 0 Å². The maximum atomic E-state index is 4.41. The van der Waals surface area contributed by atoms with Gasteiger partial charge in [-0.05, 0) is 37.6 Å². The lowest BCUT2D eigenvalue weighted by Gasteiger charge is -1.98. The molecule has 12 heavy (non-hydrogen) atoms. The van der Waals surface area contributed by atoms with Gasteiger partial charge in [0.05, 0.1) is 5.52 Å². The van der Waals surface area contributed by atoms with E-state index in [0.29, 0.717) is 0 Å². The van der Waals surface area contributed by atoms with E-state index in [-0.39, 0.29) is 0 Å². The lowest BCUT2D eigenvalue weighted by atomic mass is 10.1. The van der Waals surface area contributed by atoms with Crippen molar-refractivity contribution in [2.24, 2.45) is 0 Å². The summed E-state index contributed by atoms with van der Waals surface area (Å²) in [7, 11) is 0. The average molecular weight is 156 g/mol. The standard InChI is InChI=1S/C11H10N/c1-8-3-5-10-6-4-9(2)12-11(10)7-8/h3-5,7H,1-2H3. The molecule has 1 heterocycles. The molecule has 2 aromatic rings. The quantitative estimate of drug-likeness (QED) is 0.571. The lowest BCUT2D eigenvalue weighted by molar-refractivity contribution is 1.25. The number of fused-ring (bicyclic) bond motifs is 1. The molecule has 0 saturated carbocycles. The fourth-order valence-corrected chi connectivity index (χ4v) is 1.26. The Morgan fingerprint density at radius 3 is 2.92 bits per heavy atom. The van der Waals surface area contributed by atoms with Gasteiger partial charge in [-0.25, -0.2) is 0 Å². The maximum absolute atomic E-state index is 4.41. The summed E-state index contributed by atoms with van der Waals surface area (Å²) < 4.78 is 0. The van der Waals surface area contributed by atoms with Crippen LogP contribution in [0.15, 0.2) is 24.3 Å². The van der Waals surface area contributed by atoms with E-state index >= 15 is 0 Å². The smallest absolute Gasteiger partial charge is 0.0714 e. The second-order valence-electron chi connectivity index (χ2n) is 3.06. The first-order chi connectivity index (χ1) is 5.75. The van der Waals surface area contributed by atoms with Gasteiger partial charge in [-0.15, -0.1) is 0 Å². The highest BCUT2D eigenvalue weighted by molar-refractivity contribution is 5.78. The van der Waals surface area contributed by atoms with Crippen LogP contribution in [0.2, 0.25) is 0 Å². The van der Waals surface area contributed by atoms with E-state index in [9.17, 15) is 0 Å². The number of aryl methyl sites for hydroxylation is 2. The van der Waals surface area contributed by atoms with Crippen LogP contribution in [0.5, 0.6) is 0 Å². The predicted octanol–water partition coefficient (Wildman–Crippen LogP) is 2.65. The normalized spacial score (nSPS) is 10.5. The van der Waals surface area contributed by atoms with Gasteiger partial charge in [-0.1, -0.05) is 12.1 Å². The Bertz CT molecular complexity index is 382. The Morgan fingerprint density at radius 1 is 1.25 bits per heavy atom. The van der Waals surface area contributed by atoms with Gasteiger partial charge in [0.15, 0.2) is 0 Å². The van der Waals surface area contributed by atoms with Gasteiger partial charge in [0.1, 0.15) is 0 Å². The first-order valence-corrected chi connectivity index (χ1v) is 4.01. The summed E-state index contributed by atoms with van der Waals surface area (Å²) in [6.45, 7) is 4.06. The molecule has 0 saturated heterocycles. The van der Waals surface area contributed by atoms with Gasteiger partial charge in [-0.2, -0.15) is 0 Å². The third kappa shape index (κ3) is 1.18. The predicted molar refractivity (Wildman–Crippen MR) is 50.1 cm³/mol. The molecule has 0 aliphatic heterocycles. The minimum Gasteiger partial charge on any atom is -0.253 e. The average Bonchev–Trinajstić information content (AvgIpc) is 2.03. The van der Waals surface area contributed by atoms with E-state index in [1.807, 2.05) is 13.0 Å². The molecule has 0 bridgehead atoms. The SMILES string of the molecule is Cc1ccc2[c]cc(C)nc2c1. The van der Waals surface area contributed by atoms with Gasteiger partial charge in [0.2, 0.25) is 0 Å². The highest BCUT2D eigenvalue weighted by Gasteiger charge is 1.94. The highest BCUT2D eigenvalue weighted by Crippen LogP contribution is 2.12. The number of rotatable bonds is 0. The van der Waals surface area contributed by atoms with E-state index in [1.54, 1.807) is 0 Å². The molecule has 0 aliphatic carbocycles. The van der Waals surface area contributed by atoms with E-state index in [1.165, 1.54) is 5.56 Å². The van der Waals surface area contributed by atoms with Crippen molar-refractivity contribution in [2.75, 3.05) is 0 Å². The second-order valence-corrected chi connectivity index (χ2v) is 3.06. The number of hydrogen-bond acceptors (Lipinski definition) is 1. The molecule has 0 amide bonds. The summed E-state index contributed by atoms with van der Waals surface area (Å²) in [5.74, 6) is 0. The molecule has 0 fully saturated rings. The molecule has 1 nitrogen and oxygen atoms in total. The van der Waals surface area contributed by atoms with Gasteiger partial charge >= 0.3 is 0 Å². The molecule has 1 aromatic heterocycles. The van der Waals surface area contributed by atoms with Crippen LogP contribution in [0, 0.1) is 19.9 Å². The number of pyridine rings is 1. The van der Waals surface area contributed by atoms with Crippen LogP contribution >= 0.6 is 0 Å². The van der Waals surface area contributed by atoms with Crippen molar-refractivity contribution in [3.05, 3.63) is 41.6 Å². The molecule has 0 unspecified atom stereocenters. The number of aromatic nitrogens is 1. The molecule has 59 valence electrons. The Hall–Kier alpha value is -1.37. The van der Waals surface area contributed by atoms with Crippen LogP contribution in [0.1, 0.15) is 11.3 Å². The summed E-state index contributed by atoms with van der Waals surface area (Å²) in [6, 6.07) is 11.3. The third-order valence-corrected chi connectivity index (χ3v) is 1.89. The topological polar surface area (TPSA) is 12.9 Å². The van der Waals surface area contributed by atoms with Crippen LogP contribution < -0.4 is 0 Å². The van der Waals surface area contributed by atoms with Crippen molar-refractivity contribution < 1.29 is 0 Å². The molecule has 1 aromatic carbocycles. The molecular formula is C11H10N. The maximum Gasteiger partial charge on any atom is 0.0714 e. The summed E-state index contributed by atoms with van der Waals surface area (Å²) >= 11 is 0. The highest BCUT2D eigenvalue weighted by atomic mass is 14.7. The minimum absolute atomic E-state index is 1.02. The first-order valence-electron chi connectivity index (χ1n) is 4.01. The zero-order chi connectivity index (χ0) is 8.55. The zero-order valence-corrected chi connectivity index (χ0v) is 7.26. The second kappa shape index (κ2) is 2.59. The number of hydrogen-bond donors (Lipinski definition) is 0. The van der Waals surface area contributed by atoms with Crippen molar-refractivity contribution in [2.45, 2.75) is 13.8 Å². The van der Waals surface area contributed by atoms with Crippen molar-refractivity contribution >= 4 is 10.9 Å². The van der Waals surface area contributed by atoms with Gasteiger partial charge < -0.3 is 0 Å². The van der Waals surface area contributed by atoms with Gasteiger partial charge in [0, 0.05) is 11.1 Å². The molecule has 0 aliphatic rings. The first kappa shape index (κ1) is 7.29. The Labute approximate surface area is 72.1 Å². The van der Waals surface area contributed by atoms with E-state index in [4.69, 9.17) is 0 Å². The molecule has 1 radical (unpaired) electrons. The van der Waals surface area contributed by atoms with Gasteiger partial charge in [-0.3, -0.25) is 4.98 Å². The Balaban J connectivity index is 2.80. The van der Waals surface area contributed by atoms with E-state index in [0.717, 1.165) is 16.6 Å². The van der Waals surface area contributed by atoms with E-state index < -0.39 is 0 Å². The van der Waals surface area contributed by atoms with Crippen LogP contribution in [0.3, 0.4) is 0 Å². The van der Waals surface area contributed by atoms with Crippen molar-refractivity contribution in [3.63, 3.8) is 0 Å². The largest absolute Gasteiger partial charge is 0.253 e. The molecule has 0 N–H and O–H groups in total. The number of nitrogens with zero attached hydrogens (tertiary/aromatic N) is 1. The van der Waals surface area contributed by atoms with Crippen molar-refractivity contribution in [1.29, 1.82) is 0 Å².